The first kappa shape index (κ1) is 12.1. The van der Waals surface area contributed by atoms with Crippen LogP contribution in [0.2, 0.25) is 0 Å². The number of benzene rings is 1. The van der Waals surface area contributed by atoms with Crippen molar-refractivity contribution in [3.63, 3.8) is 0 Å². The normalized spacial score (nSPS) is 18.3. The Hall–Kier alpha value is -2.37. The van der Waals surface area contributed by atoms with E-state index in [1.165, 1.54) is 0 Å². The van der Waals surface area contributed by atoms with E-state index in [9.17, 15) is 14.4 Å². The molecule has 1 heterocycles. The molecule has 1 aromatic carbocycles. The average Bonchev–Trinajstić information content (AvgIpc) is 2.67. The molecule has 6 nitrogen and oxygen atoms in total. The third-order valence-electron chi connectivity index (χ3n) is 2.32. The van der Waals surface area contributed by atoms with Crippen LogP contribution in [0.3, 0.4) is 0 Å². The van der Waals surface area contributed by atoms with Crippen molar-refractivity contribution < 1.29 is 23.9 Å². The van der Waals surface area contributed by atoms with Crippen molar-refractivity contribution in [1.29, 1.82) is 0 Å². The highest BCUT2D eigenvalue weighted by Crippen LogP contribution is 2.09. The molecule has 0 bridgehead atoms. The van der Waals surface area contributed by atoms with Gasteiger partial charge in [0, 0.05) is 0 Å². The number of carbonyl (C=O) groups is 3. The lowest BCUT2D eigenvalue weighted by Gasteiger charge is -2.09. The minimum absolute atomic E-state index is 0.129. The molecule has 0 spiro atoms. The second-order valence-corrected chi connectivity index (χ2v) is 3.72. The zero-order chi connectivity index (χ0) is 13.0. The van der Waals surface area contributed by atoms with Crippen molar-refractivity contribution in [2.45, 2.75) is 12.5 Å². The van der Waals surface area contributed by atoms with Crippen LogP contribution < -0.4 is 10.1 Å². The summed E-state index contributed by atoms with van der Waals surface area (Å²) >= 11 is 0. The standard InChI is InChI=1S/C12H11NO5/c14-10(7-17-8-4-2-1-3-5-8)13-9-6-11(15)18-12(9)16/h1-5,9H,6-7H2,(H,13,14)/t9-/m1/s1. The number of carbonyl (C=O) groups excluding carboxylic acids is 3. The summed E-state index contributed by atoms with van der Waals surface area (Å²) in [5.41, 5.74) is 0. The van der Waals surface area contributed by atoms with Crippen molar-refractivity contribution in [3.05, 3.63) is 30.3 Å². The molecule has 1 aliphatic rings. The van der Waals surface area contributed by atoms with E-state index in [0.717, 1.165) is 0 Å². The smallest absolute Gasteiger partial charge is 0.336 e. The van der Waals surface area contributed by atoms with Crippen LogP contribution in [0, 0.1) is 0 Å². The van der Waals surface area contributed by atoms with Gasteiger partial charge in [-0.05, 0) is 12.1 Å². The first-order valence-corrected chi connectivity index (χ1v) is 5.37. The number of rotatable bonds is 4. The lowest BCUT2D eigenvalue weighted by molar-refractivity contribution is -0.153. The van der Waals surface area contributed by atoms with E-state index in [1.54, 1.807) is 24.3 Å². The fraction of sp³-hybridized carbons (Fsp3) is 0.250. The Morgan fingerprint density at radius 3 is 2.67 bits per heavy atom. The van der Waals surface area contributed by atoms with E-state index >= 15 is 0 Å². The van der Waals surface area contributed by atoms with Gasteiger partial charge in [-0.25, -0.2) is 4.79 Å². The van der Waals surface area contributed by atoms with Crippen LogP contribution in [0.25, 0.3) is 0 Å². The molecule has 1 atom stereocenters. The van der Waals surface area contributed by atoms with Gasteiger partial charge in [-0.1, -0.05) is 18.2 Å². The molecule has 18 heavy (non-hydrogen) atoms. The fourth-order valence-electron chi connectivity index (χ4n) is 1.49. The molecule has 0 aromatic heterocycles. The van der Waals surface area contributed by atoms with Crippen molar-refractivity contribution in [2.24, 2.45) is 0 Å². The minimum Gasteiger partial charge on any atom is -0.484 e. The van der Waals surface area contributed by atoms with Crippen LogP contribution in [0.5, 0.6) is 5.75 Å². The quantitative estimate of drug-likeness (QED) is 0.601. The zero-order valence-corrected chi connectivity index (χ0v) is 9.42. The monoisotopic (exact) mass is 249 g/mol. The first-order valence-electron chi connectivity index (χ1n) is 5.37. The number of nitrogens with one attached hydrogen (secondary N) is 1. The summed E-state index contributed by atoms with van der Waals surface area (Å²) < 4.78 is 9.50. The van der Waals surface area contributed by atoms with Crippen LogP contribution in [0.1, 0.15) is 6.42 Å². The van der Waals surface area contributed by atoms with Gasteiger partial charge < -0.3 is 14.8 Å². The summed E-state index contributed by atoms with van der Waals surface area (Å²) in [5, 5.41) is 2.37. The summed E-state index contributed by atoms with van der Waals surface area (Å²) in [6.45, 7) is -0.220. The Bertz CT molecular complexity index is 471. The van der Waals surface area contributed by atoms with Crippen molar-refractivity contribution in [1.82, 2.24) is 5.32 Å². The number of amides is 1. The zero-order valence-electron chi connectivity index (χ0n) is 9.42. The summed E-state index contributed by atoms with van der Waals surface area (Å²) in [7, 11) is 0. The largest absolute Gasteiger partial charge is 0.484 e. The van der Waals surface area contributed by atoms with Gasteiger partial charge in [-0.3, -0.25) is 9.59 Å². The maximum absolute atomic E-state index is 11.5. The molecular formula is C12H11NO5. The van der Waals surface area contributed by atoms with Crippen molar-refractivity contribution in [3.8, 4) is 5.75 Å². The Balaban J connectivity index is 1.79. The highest BCUT2D eigenvalue weighted by molar-refractivity contribution is 5.99. The Labute approximate surface area is 103 Å². The molecule has 1 aromatic rings. The summed E-state index contributed by atoms with van der Waals surface area (Å²) in [6.07, 6.45) is -0.129. The van der Waals surface area contributed by atoms with Crippen molar-refractivity contribution in [2.75, 3.05) is 6.61 Å². The molecule has 1 aliphatic heterocycles. The van der Waals surface area contributed by atoms with Crippen LogP contribution >= 0.6 is 0 Å². The van der Waals surface area contributed by atoms with Gasteiger partial charge in [0.15, 0.2) is 6.61 Å². The molecule has 0 saturated carbocycles. The number of hydrogen-bond acceptors (Lipinski definition) is 5. The number of esters is 2. The van der Waals surface area contributed by atoms with Gasteiger partial charge in [0.2, 0.25) is 0 Å². The Morgan fingerprint density at radius 1 is 1.33 bits per heavy atom. The number of cyclic esters (lactones) is 2. The molecule has 0 unspecified atom stereocenters. The van der Waals surface area contributed by atoms with Crippen LogP contribution in [-0.2, 0) is 19.1 Å². The van der Waals surface area contributed by atoms with Gasteiger partial charge in [-0.15, -0.1) is 0 Å². The Morgan fingerprint density at radius 2 is 2.06 bits per heavy atom. The number of para-hydroxylation sites is 1. The summed E-state index contributed by atoms with van der Waals surface area (Å²) in [6, 6.07) is 7.90. The van der Waals surface area contributed by atoms with Gasteiger partial charge in [0.25, 0.3) is 5.91 Å². The summed E-state index contributed by atoms with van der Waals surface area (Å²) in [4.78, 5) is 33.4. The highest BCUT2D eigenvalue weighted by atomic mass is 16.6. The van der Waals surface area contributed by atoms with E-state index in [-0.39, 0.29) is 13.0 Å². The maximum Gasteiger partial charge on any atom is 0.336 e. The van der Waals surface area contributed by atoms with E-state index in [2.05, 4.69) is 10.1 Å². The fourth-order valence-corrected chi connectivity index (χ4v) is 1.49. The second-order valence-electron chi connectivity index (χ2n) is 3.72. The lowest BCUT2D eigenvalue weighted by atomic mass is 10.2. The molecule has 1 N–H and O–H groups in total. The van der Waals surface area contributed by atoms with E-state index in [4.69, 9.17) is 4.74 Å². The van der Waals surface area contributed by atoms with Gasteiger partial charge in [0.1, 0.15) is 11.8 Å². The molecule has 1 saturated heterocycles. The lowest BCUT2D eigenvalue weighted by Crippen LogP contribution is -2.40. The van der Waals surface area contributed by atoms with Crippen LogP contribution in [-0.4, -0.2) is 30.5 Å². The Kier molecular flexibility index (Phi) is 3.57. The van der Waals surface area contributed by atoms with E-state index in [0.29, 0.717) is 5.75 Å². The third kappa shape index (κ3) is 3.07. The maximum atomic E-state index is 11.5. The van der Waals surface area contributed by atoms with Gasteiger partial charge in [0.05, 0.1) is 6.42 Å². The van der Waals surface area contributed by atoms with Gasteiger partial charge in [-0.2, -0.15) is 0 Å². The van der Waals surface area contributed by atoms with E-state index < -0.39 is 23.9 Å². The number of hydrogen-bond donors (Lipinski definition) is 1. The molecule has 1 fully saturated rings. The minimum atomic E-state index is -0.899. The van der Waals surface area contributed by atoms with Crippen LogP contribution in [0.15, 0.2) is 30.3 Å². The molecule has 0 radical (unpaired) electrons. The predicted octanol–water partition coefficient (Wildman–Crippen LogP) is 0.0237. The SMILES string of the molecule is O=C(COc1ccccc1)N[C@@H]1CC(=O)OC1=O. The summed E-state index contributed by atoms with van der Waals surface area (Å²) in [5.74, 6) is -1.28. The molecule has 2 rings (SSSR count). The van der Waals surface area contributed by atoms with Crippen LogP contribution in [0.4, 0.5) is 0 Å². The number of ether oxygens (including phenoxy) is 2. The van der Waals surface area contributed by atoms with Crippen molar-refractivity contribution >= 4 is 17.8 Å². The molecule has 0 aliphatic carbocycles. The first-order chi connectivity index (χ1) is 8.65. The van der Waals surface area contributed by atoms with E-state index in [1.807, 2.05) is 6.07 Å². The predicted molar refractivity (Wildman–Crippen MR) is 59.6 cm³/mol. The molecular weight excluding hydrogens is 238 g/mol. The highest BCUT2D eigenvalue weighted by Gasteiger charge is 2.34. The molecule has 1 amide bonds. The average molecular weight is 249 g/mol. The molecule has 94 valence electrons. The third-order valence-corrected chi connectivity index (χ3v) is 2.32. The molecule has 6 heteroatoms. The topological polar surface area (TPSA) is 81.7 Å². The van der Waals surface area contributed by atoms with Gasteiger partial charge >= 0.3 is 11.9 Å². The second kappa shape index (κ2) is 5.31.